The SMILES string of the molecule is Cc1c(N2CCN(C)CC2)nc(-c2ccc(N)o2)n2ncnc12. The maximum absolute atomic E-state index is 5.71. The normalized spacial score (nSPS) is 16.3. The summed E-state index contributed by atoms with van der Waals surface area (Å²) >= 11 is 0. The van der Waals surface area contributed by atoms with Crippen molar-refractivity contribution in [2.24, 2.45) is 0 Å². The summed E-state index contributed by atoms with van der Waals surface area (Å²) < 4.78 is 7.25. The molecule has 0 bridgehead atoms. The molecular formula is C15H19N7O. The number of fused-ring (bicyclic) bond motifs is 1. The number of hydrogen-bond acceptors (Lipinski definition) is 7. The predicted molar refractivity (Wildman–Crippen MR) is 87.3 cm³/mol. The highest BCUT2D eigenvalue weighted by molar-refractivity contribution is 5.66. The molecule has 1 aliphatic rings. The van der Waals surface area contributed by atoms with Gasteiger partial charge in [-0.25, -0.2) is 9.97 Å². The molecule has 0 aliphatic carbocycles. The summed E-state index contributed by atoms with van der Waals surface area (Å²) in [5.74, 6) is 2.50. The van der Waals surface area contributed by atoms with Gasteiger partial charge in [0.05, 0.1) is 0 Å². The molecule has 120 valence electrons. The maximum Gasteiger partial charge on any atom is 0.201 e. The van der Waals surface area contributed by atoms with Crippen LogP contribution in [0.25, 0.3) is 17.2 Å². The minimum absolute atomic E-state index is 0.358. The molecule has 8 nitrogen and oxygen atoms in total. The predicted octanol–water partition coefficient (Wildman–Crippen LogP) is 1.03. The molecule has 4 rings (SSSR count). The van der Waals surface area contributed by atoms with Crippen molar-refractivity contribution in [3.8, 4) is 11.6 Å². The Hall–Kier alpha value is -2.61. The van der Waals surface area contributed by atoms with Crippen molar-refractivity contribution >= 4 is 17.3 Å². The van der Waals surface area contributed by atoms with Crippen LogP contribution in [0.2, 0.25) is 0 Å². The molecule has 0 spiro atoms. The first-order valence-electron chi connectivity index (χ1n) is 7.63. The number of nitrogens with two attached hydrogens (primary N) is 1. The summed E-state index contributed by atoms with van der Waals surface area (Å²) in [7, 11) is 2.14. The lowest BCUT2D eigenvalue weighted by Crippen LogP contribution is -2.45. The van der Waals surface area contributed by atoms with Crippen molar-refractivity contribution in [3.63, 3.8) is 0 Å². The standard InChI is InChI=1S/C15H19N7O/c1-10-13-17-9-18-22(13)15(11-3-4-12(16)23-11)19-14(10)21-7-5-20(2)6-8-21/h3-4,9H,5-8,16H2,1-2H3. The largest absolute Gasteiger partial charge is 0.438 e. The molecule has 8 heteroatoms. The van der Waals surface area contributed by atoms with Gasteiger partial charge in [-0.2, -0.15) is 9.61 Å². The molecule has 0 saturated carbocycles. The Morgan fingerprint density at radius 3 is 2.65 bits per heavy atom. The first-order valence-corrected chi connectivity index (χ1v) is 7.63. The van der Waals surface area contributed by atoms with E-state index < -0.39 is 0 Å². The minimum atomic E-state index is 0.358. The molecule has 23 heavy (non-hydrogen) atoms. The highest BCUT2D eigenvalue weighted by Crippen LogP contribution is 2.28. The van der Waals surface area contributed by atoms with Crippen LogP contribution >= 0.6 is 0 Å². The van der Waals surface area contributed by atoms with Crippen LogP contribution in [0.5, 0.6) is 0 Å². The monoisotopic (exact) mass is 313 g/mol. The van der Waals surface area contributed by atoms with Gasteiger partial charge in [0.1, 0.15) is 12.1 Å². The zero-order valence-electron chi connectivity index (χ0n) is 13.2. The summed E-state index contributed by atoms with van der Waals surface area (Å²) in [6.45, 7) is 5.94. The Kier molecular flexibility index (Phi) is 3.19. The summed E-state index contributed by atoms with van der Waals surface area (Å²) in [6.07, 6.45) is 1.54. The smallest absolute Gasteiger partial charge is 0.201 e. The molecule has 0 atom stereocenters. The fraction of sp³-hybridized carbons (Fsp3) is 0.400. The summed E-state index contributed by atoms with van der Waals surface area (Å²) in [4.78, 5) is 13.8. The van der Waals surface area contributed by atoms with Crippen LogP contribution in [-0.2, 0) is 0 Å². The van der Waals surface area contributed by atoms with Gasteiger partial charge in [-0.05, 0) is 20.0 Å². The zero-order valence-corrected chi connectivity index (χ0v) is 13.2. The lowest BCUT2D eigenvalue weighted by Gasteiger charge is -2.34. The van der Waals surface area contributed by atoms with Crippen LogP contribution in [-0.4, -0.2) is 57.7 Å². The molecule has 0 radical (unpaired) electrons. The number of aromatic nitrogens is 4. The Bertz CT molecular complexity index is 845. The van der Waals surface area contributed by atoms with Crippen LogP contribution in [0.3, 0.4) is 0 Å². The third-order valence-corrected chi connectivity index (χ3v) is 4.28. The fourth-order valence-electron chi connectivity index (χ4n) is 2.94. The van der Waals surface area contributed by atoms with Gasteiger partial charge < -0.3 is 20.0 Å². The van der Waals surface area contributed by atoms with E-state index in [1.807, 2.05) is 13.0 Å². The lowest BCUT2D eigenvalue weighted by atomic mass is 10.2. The molecule has 3 aromatic rings. The van der Waals surface area contributed by atoms with Gasteiger partial charge in [0, 0.05) is 37.8 Å². The lowest BCUT2D eigenvalue weighted by molar-refractivity contribution is 0.312. The zero-order chi connectivity index (χ0) is 16.0. The van der Waals surface area contributed by atoms with E-state index in [2.05, 4.69) is 26.9 Å². The molecule has 1 saturated heterocycles. The van der Waals surface area contributed by atoms with Crippen molar-refractivity contribution < 1.29 is 4.42 Å². The van der Waals surface area contributed by atoms with Crippen LogP contribution in [0.1, 0.15) is 5.56 Å². The van der Waals surface area contributed by atoms with E-state index in [0.29, 0.717) is 17.5 Å². The van der Waals surface area contributed by atoms with Gasteiger partial charge in [-0.1, -0.05) is 0 Å². The molecule has 1 fully saturated rings. The average Bonchev–Trinajstić information content (AvgIpc) is 3.18. The first-order chi connectivity index (χ1) is 11.1. The van der Waals surface area contributed by atoms with E-state index in [9.17, 15) is 0 Å². The summed E-state index contributed by atoms with van der Waals surface area (Å²) in [5.41, 5.74) is 7.52. The molecule has 0 aromatic carbocycles. The second kappa shape index (κ2) is 5.24. The molecule has 2 N–H and O–H groups in total. The van der Waals surface area contributed by atoms with E-state index in [1.54, 1.807) is 10.6 Å². The highest BCUT2D eigenvalue weighted by atomic mass is 16.4. The number of nitrogens with zero attached hydrogens (tertiary/aromatic N) is 6. The van der Waals surface area contributed by atoms with Gasteiger partial charge in [-0.15, -0.1) is 0 Å². The first kappa shape index (κ1) is 14.0. The quantitative estimate of drug-likeness (QED) is 0.755. The van der Waals surface area contributed by atoms with Crippen LogP contribution < -0.4 is 10.6 Å². The summed E-state index contributed by atoms with van der Waals surface area (Å²) in [6, 6.07) is 3.52. The third-order valence-electron chi connectivity index (χ3n) is 4.28. The van der Waals surface area contributed by atoms with Gasteiger partial charge in [0.15, 0.2) is 17.3 Å². The van der Waals surface area contributed by atoms with Crippen molar-refractivity contribution in [3.05, 3.63) is 24.0 Å². The Morgan fingerprint density at radius 1 is 1.17 bits per heavy atom. The molecule has 3 aromatic heterocycles. The highest BCUT2D eigenvalue weighted by Gasteiger charge is 2.22. The van der Waals surface area contributed by atoms with E-state index in [4.69, 9.17) is 15.1 Å². The molecule has 1 aliphatic heterocycles. The van der Waals surface area contributed by atoms with Gasteiger partial charge in [0.25, 0.3) is 0 Å². The number of furan rings is 1. The fourth-order valence-corrected chi connectivity index (χ4v) is 2.94. The van der Waals surface area contributed by atoms with Gasteiger partial charge in [0.2, 0.25) is 5.82 Å². The number of aryl methyl sites for hydroxylation is 1. The van der Waals surface area contributed by atoms with E-state index >= 15 is 0 Å². The average molecular weight is 313 g/mol. The third kappa shape index (κ3) is 2.31. The number of anilines is 2. The number of nitrogen functional groups attached to an aromatic ring is 1. The number of piperazine rings is 1. The Labute approximate surface area is 133 Å². The van der Waals surface area contributed by atoms with Crippen LogP contribution in [0.15, 0.2) is 22.9 Å². The molecular weight excluding hydrogens is 294 g/mol. The second-order valence-corrected chi connectivity index (χ2v) is 5.87. The number of hydrogen-bond donors (Lipinski definition) is 1. The van der Waals surface area contributed by atoms with E-state index in [-0.39, 0.29) is 0 Å². The number of likely N-dealkylation sites (N-methyl/N-ethyl adjacent to an activating group) is 1. The van der Waals surface area contributed by atoms with Gasteiger partial charge >= 0.3 is 0 Å². The summed E-state index contributed by atoms with van der Waals surface area (Å²) in [5, 5.41) is 4.28. The Morgan fingerprint density at radius 2 is 1.96 bits per heavy atom. The van der Waals surface area contributed by atoms with Crippen molar-refractivity contribution in [2.75, 3.05) is 43.9 Å². The Balaban J connectivity index is 1.86. The maximum atomic E-state index is 5.71. The molecule has 0 unspecified atom stereocenters. The molecule has 0 amide bonds. The van der Waals surface area contributed by atoms with Crippen molar-refractivity contribution in [1.29, 1.82) is 0 Å². The van der Waals surface area contributed by atoms with Crippen LogP contribution in [0.4, 0.5) is 11.7 Å². The van der Waals surface area contributed by atoms with E-state index in [1.165, 1.54) is 6.33 Å². The second-order valence-electron chi connectivity index (χ2n) is 5.87. The van der Waals surface area contributed by atoms with Crippen molar-refractivity contribution in [1.82, 2.24) is 24.5 Å². The molecule has 4 heterocycles. The van der Waals surface area contributed by atoms with Crippen molar-refractivity contribution in [2.45, 2.75) is 6.92 Å². The topological polar surface area (TPSA) is 88.7 Å². The van der Waals surface area contributed by atoms with E-state index in [0.717, 1.165) is 43.2 Å². The number of rotatable bonds is 2. The minimum Gasteiger partial charge on any atom is -0.438 e. The van der Waals surface area contributed by atoms with Gasteiger partial charge in [-0.3, -0.25) is 0 Å². The van der Waals surface area contributed by atoms with Crippen LogP contribution in [0, 0.1) is 6.92 Å².